The maximum Gasteiger partial charge on any atom is 0.387 e. The van der Waals surface area contributed by atoms with E-state index in [0.717, 1.165) is 38.8 Å². The molecule has 1 aromatic heterocycles. The van der Waals surface area contributed by atoms with Gasteiger partial charge in [-0.15, -0.1) is 0 Å². The summed E-state index contributed by atoms with van der Waals surface area (Å²) in [5.74, 6) is -1.24. The van der Waals surface area contributed by atoms with Crippen LogP contribution in [0.25, 0.3) is 0 Å². The van der Waals surface area contributed by atoms with Crippen LogP contribution in [-0.2, 0) is 27.2 Å². The van der Waals surface area contributed by atoms with Crippen LogP contribution in [0.2, 0.25) is 10.0 Å². The van der Waals surface area contributed by atoms with Gasteiger partial charge < -0.3 is 24.4 Å². The second-order valence-corrected chi connectivity index (χ2v) is 15.0. The second-order valence-electron chi connectivity index (χ2n) is 14.2. The van der Waals surface area contributed by atoms with Crippen LogP contribution in [0.1, 0.15) is 70.4 Å². The highest BCUT2D eigenvalue weighted by atomic mass is 35.5. The molecule has 3 aromatic carbocycles. The first-order chi connectivity index (χ1) is 26.6. The van der Waals surface area contributed by atoms with E-state index in [2.05, 4.69) is 15.2 Å². The van der Waals surface area contributed by atoms with E-state index < -0.39 is 36.5 Å². The first-order valence-corrected chi connectivity index (χ1v) is 19.1. The summed E-state index contributed by atoms with van der Waals surface area (Å²) in [5.41, 5.74) is 1.91. The van der Waals surface area contributed by atoms with Crippen molar-refractivity contribution < 1.29 is 52.2 Å². The molecule has 4 aliphatic rings. The molecule has 10 nitrogen and oxygen atoms in total. The van der Waals surface area contributed by atoms with Crippen molar-refractivity contribution in [3.63, 3.8) is 0 Å². The molecule has 3 saturated heterocycles. The third kappa shape index (κ3) is 10.3. The number of carbonyl (C=O) groups excluding carboxylic acids is 2. The van der Waals surface area contributed by atoms with Crippen LogP contribution in [0.15, 0.2) is 79.1 Å². The van der Waals surface area contributed by atoms with Gasteiger partial charge in [-0.2, -0.15) is 8.78 Å². The van der Waals surface area contributed by atoms with E-state index in [1.165, 1.54) is 24.3 Å². The first kappa shape index (κ1) is 41.2. The van der Waals surface area contributed by atoms with Gasteiger partial charge in [-0.3, -0.25) is 10.2 Å². The number of aromatic nitrogens is 1. The number of pyridine rings is 1. The summed E-state index contributed by atoms with van der Waals surface area (Å²) < 4.78 is 64.4. The van der Waals surface area contributed by atoms with E-state index >= 15 is 4.39 Å². The molecule has 3 atom stereocenters. The number of aromatic amines is 1. The molecule has 2 bridgehead atoms. The summed E-state index contributed by atoms with van der Waals surface area (Å²) in [6.45, 7) is -0.0145. The lowest BCUT2D eigenvalue weighted by Crippen LogP contribution is -2.52. The van der Waals surface area contributed by atoms with Crippen molar-refractivity contribution in [2.75, 3.05) is 26.2 Å². The molecule has 0 spiro atoms. The SMILES string of the molecule is O=C(O[C@@H](Cc1c(Cl)c[nH+]cc1Cl)c1ccc(OC(F)F)c(OCC2CC2)c1)c1cccc(CNC(C(=O)O[C@H]2CN3CCC2CC3)c2ccccc2F)c1.[OH-]. The number of piperidine rings is 3. The Labute approximate surface area is 332 Å². The molecule has 4 fully saturated rings. The Balaban J connectivity index is 0.00000532. The van der Waals surface area contributed by atoms with E-state index in [1.807, 2.05) is 0 Å². The van der Waals surface area contributed by atoms with Gasteiger partial charge in [-0.25, -0.2) is 19.0 Å². The maximum atomic E-state index is 15.1. The minimum absolute atomic E-state index is 0. The highest BCUT2D eigenvalue weighted by molar-refractivity contribution is 6.35. The van der Waals surface area contributed by atoms with Crippen LogP contribution >= 0.6 is 23.2 Å². The number of H-pyrrole nitrogens is 1. The number of nitrogens with one attached hydrogen (secondary N) is 2. The lowest BCUT2D eigenvalue weighted by molar-refractivity contribution is -0.377. The first-order valence-electron chi connectivity index (χ1n) is 18.4. The molecule has 1 saturated carbocycles. The average Bonchev–Trinajstić information content (AvgIpc) is 4.01. The van der Waals surface area contributed by atoms with Crippen LogP contribution < -0.4 is 19.8 Å². The Morgan fingerprint density at radius 1 is 0.929 bits per heavy atom. The molecule has 1 unspecified atom stereocenters. The largest absolute Gasteiger partial charge is 0.870 e. The van der Waals surface area contributed by atoms with Crippen molar-refractivity contribution in [3.8, 4) is 11.5 Å². The predicted octanol–water partition coefficient (Wildman–Crippen LogP) is 7.77. The van der Waals surface area contributed by atoms with Crippen LogP contribution in [0.5, 0.6) is 11.5 Å². The van der Waals surface area contributed by atoms with Gasteiger partial charge in [-0.05, 0) is 92.1 Å². The molecule has 3 N–H and O–H groups in total. The average molecular weight is 817 g/mol. The minimum Gasteiger partial charge on any atom is -0.870 e. The maximum absolute atomic E-state index is 15.1. The fourth-order valence-electron chi connectivity index (χ4n) is 7.12. The number of halogens is 5. The van der Waals surface area contributed by atoms with Crippen LogP contribution in [0.4, 0.5) is 13.2 Å². The fraction of sp³-hybridized carbons (Fsp3) is 0.390. The summed E-state index contributed by atoms with van der Waals surface area (Å²) in [6.07, 6.45) is 5.76. The number of ether oxygens (including phenoxy) is 4. The summed E-state index contributed by atoms with van der Waals surface area (Å²) >= 11 is 13.0. The normalized spacial score (nSPS) is 19.8. The van der Waals surface area contributed by atoms with Crippen molar-refractivity contribution in [3.05, 3.63) is 123 Å². The lowest BCUT2D eigenvalue weighted by atomic mass is 9.86. The molecular formula is C41H42Cl2F3N3O7. The number of rotatable bonds is 16. The Hall–Kier alpha value is -4.40. The van der Waals surface area contributed by atoms with Gasteiger partial charge in [0.1, 0.15) is 34.1 Å². The van der Waals surface area contributed by atoms with Gasteiger partial charge in [0.2, 0.25) is 0 Å². The Morgan fingerprint density at radius 2 is 1.68 bits per heavy atom. The summed E-state index contributed by atoms with van der Waals surface area (Å²) in [7, 11) is 0. The molecule has 1 aliphatic carbocycles. The van der Waals surface area contributed by atoms with Gasteiger partial charge in [-0.1, -0.05) is 59.6 Å². The number of benzene rings is 3. The number of esters is 2. The van der Waals surface area contributed by atoms with Crippen molar-refractivity contribution >= 4 is 35.1 Å². The van der Waals surface area contributed by atoms with E-state index in [1.54, 1.807) is 54.9 Å². The number of alkyl halides is 2. The zero-order valence-corrected chi connectivity index (χ0v) is 31.8. The summed E-state index contributed by atoms with van der Waals surface area (Å²) in [6, 6.07) is 16.0. The Kier molecular flexibility index (Phi) is 13.8. The van der Waals surface area contributed by atoms with Crippen molar-refractivity contribution in [2.24, 2.45) is 11.8 Å². The molecule has 0 amide bonds. The van der Waals surface area contributed by atoms with Gasteiger partial charge in [0.25, 0.3) is 0 Å². The molecule has 4 heterocycles. The second kappa shape index (κ2) is 18.7. The van der Waals surface area contributed by atoms with E-state index in [9.17, 15) is 18.4 Å². The van der Waals surface area contributed by atoms with Gasteiger partial charge in [0, 0.05) is 30.6 Å². The van der Waals surface area contributed by atoms with Crippen LogP contribution in [-0.4, -0.2) is 61.3 Å². The zero-order valence-electron chi connectivity index (χ0n) is 30.3. The number of carbonyl (C=O) groups is 2. The molecule has 15 heteroatoms. The molecule has 298 valence electrons. The fourth-order valence-corrected chi connectivity index (χ4v) is 7.66. The van der Waals surface area contributed by atoms with Crippen molar-refractivity contribution in [1.82, 2.24) is 10.2 Å². The van der Waals surface area contributed by atoms with Crippen LogP contribution in [0, 0.1) is 17.7 Å². The number of hydrogen-bond acceptors (Lipinski definition) is 9. The van der Waals surface area contributed by atoms with E-state index in [4.69, 9.17) is 42.1 Å². The number of nitrogens with zero attached hydrogens (tertiary/aromatic N) is 1. The highest BCUT2D eigenvalue weighted by Gasteiger charge is 2.38. The smallest absolute Gasteiger partial charge is 0.387 e. The predicted molar refractivity (Wildman–Crippen MR) is 200 cm³/mol. The molecule has 8 rings (SSSR count). The summed E-state index contributed by atoms with van der Waals surface area (Å²) in [5, 5.41) is 3.77. The van der Waals surface area contributed by atoms with Gasteiger partial charge >= 0.3 is 18.6 Å². The molecule has 3 aliphatic heterocycles. The zero-order chi connectivity index (χ0) is 38.5. The van der Waals surface area contributed by atoms with Gasteiger partial charge in [0.15, 0.2) is 23.9 Å². The third-order valence-corrected chi connectivity index (χ3v) is 11.0. The third-order valence-electron chi connectivity index (χ3n) is 10.4. The number of hydrogen-bond donors (Lipinski definition) is 1. The molecular weight excluding hydrogens is 774 g/mol. The quantitative estimate of drug-likeness (QED) is 0.113. The highest BCUT2D eigenvalue weighted by Crippen LogP contribution is 2.38. The Bertz CT molecular complexity index is 1980. The van der Waals surface area contributed by atoms with E-state index in [0.29, 0.717) is 45.8 Å². The van der Waals surface area contributed by atoms with Crippen molar-refractivity contribution in [2.45, 2.75) is 63.5 Å². The van der Waals surface area contributed by atoms with Crippen molar-refractivity contribution in [1.29, 1.82) is 0 Å². The summed E-state index contributed by atoms with van der Waals surface area (Å²) in [4.78, 5) is 32.6. The molecule has 0 radical (unpaired) electrons. The molecule has 56 heavy (non-hydrogen) atoms. The van der Waals surface area contributed by atoms with Gasteiger partial charge in [0.05, 0.1) is 12.2 Å². The van der Waals surface area contributed by atoms with E-state index in [-0.39, 0.29) is 53.1 Å². The van der Waals surface area contributed by atoms with Crippen LogP contribution in [0.3, 0.4) is 0 Å². The Morgan fingerprint density at radius 3 is 2.36 bits per heavy atom. The standard InChI is InChI=1S/C41H40Cl2F3N3O6.H2O/c42-31-20-47-21-32(43)30(31)18-35(27-10-11-34(55-41(45)46)36(17-27)52-23-24-8-9-24)53-39(50)28-5-3-4-25(16-28)19-48-38(29-6-1-2-7-33(29)44)40(51)54-37-22-49-14-12-26(37)13-15-49;/h1-7,10-11,16-17,20-21,24,26,35,37-38,41,48H,8-9,12-15,18-19,22-23H2;1H2/t35-,37-,38?;/m0./s1. The number of fused-ring (bicyclic) bond motifs is 3. The molecule has 4 aromatic rings. The topological polar surface area (TPSA) is 130 Å². The lowest BCUT2D eigenvalue weighted by Gasteiger charge is -2.44. The monoisotopic (exact) mass is 815 g/mol. The minimum atomic E-state index is -3.07.